The van der Waals surface area contributed by atoms with Crippen LogP contribution in [0.25, 0.3) is 0 Å². The van der Waals surface area contributed by atoms with Crippen molar-refractivity contribution in [2.75, 3.05) is 18.0 Å². The van der Waals surface area contributed by atoms with E-state index in [1.54, 1.807) is 18.2 Å². The Morgan fingerprint density at radius 1 is 1.31 bits per heavy atom. The van der Waals surface area contributed by atoms with Gasteiger partial charge in [-0.3, -0.25) is 0 Å². The summed E-state index contributed by atoms with van der Waals surface area (Å²) in [5.41, 5.74) is 0.841. The number of anilines is 1. The van der Waals surface area contributed by atoms with Crippen LogP contribution in [-0.4, -0.2) is 13.1 Å². The van der Waals surface area contributed by atoms with Crippen LogP contribution in [-0.2, 0) is 0 Å². The lowest BCUT2D eigenvalue weighted by molar-refractivity contribution is 0.623. The Kier molecular flexibility index (Phi) is 4.28. The Balaban J connectivity index is 3.05. The van der Waals surface area contributed by atoms with Gasteiger partial charge in [0.2, 0.25) is 0 Å². The van der Waals surface area contributed by atoms with Crippen molar-refractivity contribution in [2.45, 2.75) is 0 Å². The fourth-order valence-electron chi connectivity index (χ4n) is 1.39. The van der Waals surface area contributed by atoms with E-state index in [1.807, 2.05) is 11.0 Å². The van der Waals surface area contributed by atoms with E-state index >= 15 is 0 Å². The smallest absolute Gasteiger partial charge is 0.141 e. The molecule has 3 heteroatoms. The van der Waals surface area contributed by atoms with Crippen LogP contribution >= 0.6 is 0 Å². The second-order valence-electron chi connectivity index (χ2n) is 3.26. The van der Waals surface area contributed by atoms with E-state index in [4.69, 9.17) is 5.26 Å². The van der Waals surface area contributed by atoms with E-state index in [0.29, 0.717) is 13.1 Å². The van der Waals surface area contributed by atoms with Gasteiger partial charge in [0.15, 0.2) is 0 Å². The molecule has 0 aliphatic heterocycles. The molecule has 0 radical (unpaired) electrons. The maximum atomic E-state index is 13.1. The monoisotopic (exact) mass is 216 g/mol. The summed E-state index contributed by atoms with van der Waals surface area (Å²) in [6, 6.07) is 6.29. The quantitative estimate of drug-likeness (QED) is 0.708. The first-order valence-electron chi connectivity index (χ1n) is 4.89. The zero-order chi connectivity index (χ0) is 12.0. The van der Waals surface area contributed by atoms with Gasteiger partial charge in [-0.2, -0.15) is 5.26 Å². The van der Waals surface area contributed by atoms with Crippen molar-refractivity contribution in [1.82, 2.24) is 0 Å². The number of nitriles is 1. The lowest BCUT2D eigenvalue weighted by Gasteiger charge is -2.21. The molecule has 0 saturated carbocycles. The molecule has 0 amide bonds. The molecule has 0 fully saturated rings. The molecule has 16 heavy (non-hydrogen) atoms. The van der Waals surface area contributed by atoms with Crippen LogP contribution in [0.15, 0.2) is 43.5 Å². The maximum Gasteiger partial charge on any atom is 0.141 e. The van der Waals surface area contributed by atoms with E-state index < -0.39 is 5.82 Å². The van der Waals surface area contributed by atoms with Gasteiger partial charge in [-0.15, -0.1) is 13.2 Å². The number of halogens is 1. The molecule has 0 saturated heterocycles. The average Bonchev–Trinajstić information content (AvgIpc) is 2.29. The van der Waals surface area contributed by atoms with Gasteiger partial charge in [0.1, 0.15) is 11.9 Å². The van der Waals surface area contributed by atoms with E-state index in [9.17, 15) is 4.39 Å². The summed E-state index contributed by atoms with van der Waals surface area (Å²) in [4.78, 5) is 1.94. The third-order valence-electron chi connectivity index (χ3n) is 2.13. The molecule has 1 rings (SSSR count). The summed E-state index contributed by atoms with van der Waals surface area (Å²) in [7, 11) is 0. The molecule has 0 aliphatic rings. The zero-order valence-corrected chi connectivity index (χ0v) is 8.99. The Morgan fingerprint density at radius 2 is 1.94 bits per heavy atom. The highest BCUT2D eigenvalue weighted by Gasteiger charge is 2.07. The summed E-state index contributed by atoms with van der Waals surface area (Å²) >= 11 is 0. The highest BCUT2D eigenvalue weighted by Crippen LogP contribution is 2.18. The molecule has 1 aromatic carbocycles. The van der Waals surface area contributed by atoms with Crippen LogP contribution in [0.1, 0.15) is 5.56 Å². The van der Waals surface area contributed by atoms with Crippen LogP contribution in [0.3, 0.4) is 0 Å². The SMILES string of the molecule is C=CCN(CC=C)c1ccc(F)c(C#N)c1. The van der Waals surface area contributed by atoms with Gasteiger partial charge in [-0.1, -0.05) is 12.2 Å². The summed E-state index contributed by atoms with van der Waals surface area (Å²) in [6.45, 7) is 8.56. The van der Waals surface area contributed by atoms with Crippen LogP contribution < -0.4 is 4.90 Å². The Morgan fingerprint density at radius 3 is 2.44 bits per heavy atom. The fourth-order valence-corrected chi connectivity index (χ4v) is 1.39. The van der Waals surface area contributed by atoms with Gasteiger partial charge < -0.3 is 4.90 Å². The molecule has 0 unspecified atom stereocenters. The fraction of sp³-hybridized carbons (Fsp3) is 0.154. The summed E-state index contributed by atoms with van der Waals surface area (Å²) in [5, 5.41) is 8.74. The lowest BCUT2D eigenvalue weighted by atomic mass is 10.2. The lowest BCUT2D eigenvalue weighted by Crippen LogP contribution is -2.23. The van der Waals surface area contributed by atoms with E-state index in [1.165, 1.54) is 12.1 Å². The first-order chi connectivity index (χ1) is 7.72. The normalized spacial score (nSPS) is 9.25. The minimum absolute atomic E-state index is 0.0515. The number of nitrogens with zero attached hydrogens (tertiary/aromatic N) is 2. The van der Waals surface area contributed by atoms with Crippen LogP contribution in [0.2, 0.25) is 0 Å². The molecular formula is C13H13FN2. The first-order valence-corrected chi connectivity index (χ1v) is 4.89. The van der Waals surface area contributed by atoms with Crippen molar-refractivity contribution in [1.29, 1.82) is 5.26 Å². The molecule has 0 heterocycles. The van der Waals surface area contributed by atoms with Gasteiger partial charge in [0.05, 0.1) is 5.56 Å². The van der Waals surface area contributed by atoms with Crippen LogP contribution in [0, 0.1) is 17.1 Å². The predicted molar refractivity (Wildman–Crippen MR) is 63.7 cm³/mol. The second-order valence-corrected chi connectivity index (χ2v) is 3.26. The Bertz CT molecular complexity index is 422. The van der Waals surface area contributed by atoms with Crippen molar-refractivity contribution >= 4 is 5.69 Å². The van der Waals surface area contributed by atoms with Gasteiger partial charge in [0.25, 0.3) is 0 Å². The number of rotatable bonds is 5. The maximum absolute atomic E-state index is 13.1. The first kappa shape index (κ1) is 12.0. The highest BCUT2D eigenvalue weighted by molar-refractivity contribution is 5.52. The molecule has 1 aromatic rings. The standard InChI is InChI=1S/C13H13FN2/c1-3-7-16(8-4-2)12-5-6-13(14)11(9-12)10-15/h3-6,9H,1-2,7-8H2. The van der Waals surface area contributed by atoms with Gasteiger partial charge >= 0.3 is 0 Å². The third kappa shape index (κ3) is 2.71. The van der Waals surface area contributed by atoms with Crippen molar-refractivity contribution in [3.63, 3.8) is 0 Å². The average molecular weight is 216 g/mol. The largest absolute Gasteiger partial charge is 0.364 e. The second kappa shape index (κ2) is 5.72. The summed E-state index contributed by atoms with van der Waals surface area (Å²) in [5.74, 6) is -0.497. The highest BCUT2D eigenvalue weighted by atomic mass is 19.1. The molecule has 2 nitrogen and oxygen atoms in total. The van der Waals surface area contributed by atoms with Gasteiger partial charge in [-0.05, 0) is 18.2 Å². The summed E-state index contributed by atoms with van der Waals surface area (Å²) in [6.07, 6.45) is 3.50. The van der Waals surface area contributed by atoms with E-state index in [-0.39, 0.29) is 5.56 Å². The van der Waals surface area contributed by atoms with Crippen LogP contribution in [0.4, 0.5) is 10.1 Å². The topological polar surface area (TPSA) is 27.0 Å². The van der Waals surface area contributed by atoms with Crippen molar-refractivity contribution < 1.29 is 4.39 Å². The van der Waals surface area contributed by atoms with Gasteiger partial charge in [0, 0.05) is 18.8 Å². The minimum atomic E-state index is -0.497. The molecule has 0 aliphatic carbocycles. The van der Waals surface area contributed by atoms with E-state index in [0.717, 1.165) is 5.69 Å². The Hall–Kier alpha value is -2.08. The number of hydrogen-bond donors (Lipinski definition) is 0. The van der Waals surface area contributed by atoms with Gasteiger partial charge in [-0.25, -0.2) is 4.39 Å². The number of benzene rings is 1. The van der Waals surface area contributed by atoms with Crippen molar-refractivity contribution in [3.8, 4) is 6.07 Å². The van der Waals surface area contributed by atoms with E-state index in [2.05, 4.69) is 13.2 Å². The van der Waals surface area contributed by atoms with Crippen molar-refractivity contribution in [2.24, 2.45) is 0 Å². The molecular weight excluding hydrogens is 203 g/mol. The molecule has 0 atom stereocenters. The summed E-state index contributed by atoms with van der Waals surface area (Å²) < 4.78 is 13.1. The molecule has 0 bridgehead atoms. The molecule has 0 aromatic heterocycles. The van der Waals surface area contributed by atoms with Crippen LogP contribution in [0.5, 0.6) is 0 Å². The molecule has 0 N–H and O–H groups in total. The zero-order valence-electron chi connectivity index (χ0n) is 8.99. The molecule has 82 valence electrons. The predicted octanol–water partition coefficient (Wildman–Crippen LogP) is 2.88. The Labute approximate surface area is 94.9 Å². The number of hydrogen-bond acceptors (Lipinski definition) is 2. The molecule has 0 spiro atoms. The van der Waals surface area contributed by atoms with Crippen molar-refractivity contribution in [3.05, 3.63) is 54.9 Å². The third-order valence-corrected chi connectivity index (χ3v) is 2.13. The minimum Gasteiger partial charge on any atom is -0.364 e.